The standard InChI is InChI=1S/C16H25N3O2/c1-3-7-16(13-21-2)8-4-11-19(16)15(20)18-12-14-5-9-17-10-6-14/h5-6,9-10H,3-4,7-8,11-13H2,1-2H3,(H,18,20)/t16-/m0/s1. The summed E-state index contributed by atoms with van der Waals surface area (Å²) in [7, 11) is 1.71. The van der Waals surface area contributed by atoms with E-state index in [0.29, 0.717) is 13.2 Å². The molecular weight excluding hydrogens is 266 g/mol. The highest BCUT2D eigenvalue weighted by Gasteiger charge is 2.42. The Hall–Kier alpha value is -1.62. The van der Waals surface area contributed by atoms with Crippen molar-refractivity contribution >= 4 is 6.03 Å². The maximum atomic E-state index is 12.5. The van der Waals surface area contributed by atoms with E-state index in [4.69, 9.17) is 4.74 Å². The number of nitrogens with zero attached hydrogens (tertiary/aromatic N) is 2. The van der Waals surface area contributed by atoms with Gasteiger partial charge in [0.1, 0.15) is 0 Å². The summed E-state index contributed by atoms with van der Waals surface area (Å²) in [5.41, 5.74) is 0.927. The van der Waals surface area contributed by atoms with Gasteiger partial charge in [0.15, 0.2) is 0 Å². The number of likely N-dealkylation sites (tertiary alicyclic amines) is 1. The molecular formula is C16H25N3O2. The summed E-state index contributed by atoms with van der Waals surface area (Å²) in [5.74, 6) is 0. The molecule has 1 aliphatic rings. The van der Waals surface area contributed by atoms with E-state index < -0.39 is 0 Å². The van der Waals surface area contributed by atoms with Gasteiger partial charge in [0.05, 0.1) is 12.1 Å². The summed E-state index contributed by atoms with van der Waals surface area (Å²) in [6, 6.07) is 3.84. The maximum absolute atomic E-state index is 12.5. The van der Waals surface area contributed by atoms with Crippen LogP contribution in [0.1, 0.15) is 38.2 Å². The minimum atomic E-state index is -0.133. The minimum Gasteiger partial charge on any atom is -0.382 e. The van der Waals surface area contributed by atoms with Crippen LogP contribution in [0.4, 0.5) is 4.79 Å². The third-order valence-electron chi connectivity index (χ3n) is 4.16. The van der Waals surface area contributed by atoms with Crippen LogP contribution in [-0.4, -0.2) is 41.7 Å². The third kappa shape index (κ3) is 3.73. The van der Waals surface area contributed by atoms with Gasteiger partial charge in [-0.15, -0.1) is 0 Å². The second-order valence-corrected chi connectivity index (χ2v) is 5.68. The van der Waals surface area contributed by atoms with Crippen LogP contribution in [0.25, 0.3) is 0 Å². The molecule has 2 rings (SSSR count). The molecule has 5 nitrogen and oxygen atoms in total. The molecule has 21 heavy (non-hydrogen) atoms. The second-order valence-electron chi connectivity index (χ2n) is 5.68. The van der Waals surface area contributed by atoms with Crippen LogP contribution < -0.4 is 5.32 Å². The van der Waals surface area contributed by atoms with Gasteiger partial charge in [0.2, 0.25) is 0 Å². The van der Waals surface area contributed by atoms with Gasteiger partial charge < -0.3 is 15.0 Å². The van der Waals surface area contributed by atoms with Crippen molar-refractivity contribution < 1.29 is 9.53 Å². The first-order chi connectivity index (χ1) is 10.2. The van der Waals surface area contributed by atoms with Gasteiger partial charge in [-0.25, -0.2) is 4.79 Å². The fourth-order valence-corrected chi connectivity index (χ4v) is 3.25. The average molecular weight is 291 g/mol. The molecule has 116 valence electrons. The Bertz CT molecular complexity index is 444. The first-order valence-corrected chi connectivity index (χ1v) is 7.65. The Labute approximate surface area is 126 Å². The first-order valence-electron chi connectivity index (χ1n) is 7.65. The molecule has 0 bridgehead atoms. The quantitative estimate of drug-likeness (QED) is 0.876. The maximum Gasteiger partial charge on any atom is 0.318 e. The summed E-state index contributed by atoms with van der Waals surface area (Å²) >= 11 is 0. The lowest BCUT2D eigenvalue weighted by molar-refractivity contribution is 0.0501. The summed E-state index contributed by atoms with van der Waals surface area (Å²) in [6.45, 7) is 4.12. The number of aromatic nitrogens is 1. The van der Waals surface area contributed by atoms with E-state index in [9.17, 15) is 4.79 Å². The number of methoxy groups -OCH3 is 1. The summed E-state index contributed by atoms with van der Waals surface area (Å²) < 4.78 is 5.39. The molecule has 0 spiro atoms. The Kier molecular flexibility index (Phi) is 5.56. The van der Waals surface area contributed by atoms with Crippen LogP contribution in [0.3, 0.4) is 0 Å². The molecule has 1 aliphatic heterocycles. The lowest BCUT2D eigenvalue weighted by atomic mass is 9.91. The molecule has 0 radical (unpaired) electrons. The lowest BCUT2D eigenvalue weighted by Gasteiger charge is -2.38. The van der Waals surface area contributed by atoms with Crippen LogP contribution in [-0.2, 0) is 11.3 Å². The van der Waals surface area contributed by atoms with Gasteiger partial charge in [-0.05, 0) is 37.0 Å². The topological polar surface area (TPSA) is 54.5 Å². The average Bonchev–Trinajstić information content (AvgIpc) is 2.90. The SMILES string of the molecule is CCC[C@@]1(COC)CCCN1C(=O)NCc1ccncc1. The molecule has 0 saturated carbocycles. The molecule has 5 heteroatoms. The summed E-state index contributed by atoms with van der Waals surface area (Å²) in [4.78, 5) is 18.5. The zero-order valence-electron chi connectivity index (χ0n) is 13.0. The lowest BCUT2D eigenvalue weighted by Crippen LogP contribution is -2.53. The number of amides is 2. The van der Waals surface area contributed by atoms with Crippen molar-refractivity contribution in [2.75, 3.05) is 20.3 Å². The van der Waals surface area contributed by atoms with Gasteiger partial charge in [-0.1, -0.05) is 13.3 Å². The number of rotatable bonds is 6. The van der Waals surface area contributed by atoms with Crippen LogP contribution in [0.15, 0.2) is 24.5 Å². The first kappa shape index (κ1) is 15.8. The molecule has 1 aromatic rings. The smallest absolute Gasteiger partial charge is 0.318 e. The highest BCUT2D eigenvalue weighted by atomic mass is 16.5. The zero-order valence-corrected chi connectivity index (χ0v) is 13.0. The Morgan fingerprint density at radius 2 is 2.24 bits per heavy atom. The third-order valence-corrected chi connectivity index (χ3v) is 4.16. The molecule has 1 saturated heterocycles. The Balaban J connectivity index is 1.99. The summed E-state index contributed by atoms with van der Waals surface area (Å²) in [5, 5.41) is 3.02. The van der Waals surface area contributed by atoms with Crippen LogP contribution in [0.2, 0.25) is 0 Å². The highest BCUT2D eigenvalue weighted by molar-refractivity contribution is 5.75. The van der Waals surface area contributed by atoms with E-state index in [0.717, 1.165) is 37.8 Å². The minimum absolute atomic E-state index is 0.00909. The van der Waals surface area contributed by atoms with Crippen LogP contribution in [0, 0.1) is 0 Å². The predicted octanol–water partition coefficient (Wildman–Crippen LogP) is 2.57. The molecule has 1 N–H and O–H groups in total. The van der Waals surface area contributed by atoms with E-state index in [1.54, 1.807) is 19.5 Å². The monoisotopic (exact) mass is 291 g/mol. The van der Waals surface area contributed by atoms with Crippen molar-refractivity contribution in [1.29, 1.82) is 0 Å². The number of pyridine rings is 1. The van der Waals surface area contributed by atoms with E-state index in [1.807, 2.05) is 17.0 Å². The molecule has 0 unspecified atom stereocenters. The molecule has 2 heterocycles. The van der Waals surface area contributed by atoms with Crippen LogP contribution in [0.5, 0.6) is 0 Å². The number of hydrogen-bond acceptors (Lipinski definition) is 3. The fraction of sp³-hybridized carbons (Fsp3) is 0.625. The number of hydrogen-bond donors (Lipinski definition) is 1. The van der Waals surface area contributed by atoms with Crippen molar-refractivity contribution in [2.45, 2.75) is 44.7 Å². The molecule has 0 aromatic carbocycles. The molecule has 2 amide bonds. The van der Waals surface area contributed by atoms with E-state index in [-0.39, 0.29) is 11.6 Å². The normalized spacial score (nSPS) is 21.5. The van der Waals surface area contributed by atoms with Gasteiger partial charge in [0, 0.05) is 32.6 Å². The zero-order chi connectivity index (χ0) is 15.1. The Morgan fingerprint density at radius 3 is 2.90 bits per heavy atom. The molecule has 1 fully saturated rings. The van der Waals surface area contributed by atoms with Crippen molar-refractivity contribution in [2.24, 2.45) is 0 Å². The highest BCUT2D eigenvalue weighted by Crippen LogP contribution is 2.34. The predicted molar refractivity (Wildman–Crippen MR) is 81.9 cm³/mol. The number of nitrogens with one attached hydrogen (secondary N) is 1. The van der Waals surface area contributed by atoms with Gasteiger partial charge >= 0.3 is 6.03 Å². The molecule has 1 atom stereocenters. The van der Waals surface area contributed by atoms with Gasteiger partial charge in [0.25, 0.3) is 0 Å². The van der Waals surface area contributed by atoms with E-state index in [1.165, 1.54) is 0 Å². The fourth-order valence-electron chi connectivity index (χ4n) is 3.25. The number of ether oxygens (including phenoxy) is 1. The van der Waals surface area contributed by atoms with Crippen molar-refractivity contribution in [3.05, 3.63) is 30.1 Å². The van der Waals surface area contributed by atoms with Crippen molar-refractivity contribution in [3.8, 4) is 0 Å². The largest absolute Gasteiger partial charge is 0.382 e. The van der Waals surface area contributed by atoms with Gasteiger partial charge in [-0.3, -0.25) is 4.98 Å². The van der Waals surface area contributed by atoms with E-state index in [2.05, 4.69) is 17.2 Å². The molecule has 1 aromatic heterocycles. The van der Waals surface area contributed by atoms with Crippen LogP contribution >= 0.6 is 0 Å². The number of carbonyl (C=O) groups is 1. The molecule has 0 aliphatic carbocycles. The second kappa shape index (κ2) is 7.41. The summed E-state index contributed by atoms with van der Waals surface area (Å²) in [6.07, 6.45) is 7.59. The Morgan fingerprint density at radius 1 is 1.48 bits per heavy atom. The number of urea groups is 1. The van der Waals surface area contributed by atoms with Crippen molar-refractivity contribution in [1.82, 2.24) is 15.2 Å². The van der Waals surface area contributed by atoms with E-state index >= 15 is 0 Å². The number of carbonyl (C=O) groups excluding carboxylic acids is 1. The van der Waals surface area contributed by atoms with Gasteiger partial charge in [-0.2, -0.15) is 0 Å². The van der Waals surface area contributed by atoms with Crippen molar-refractivity contribution in [3.63, 3.8) is 0 Å².